The Balaban J connectivity index is 4.30. The van der Waals surface area contributed by atoms with Crippen LogP contribution in [-0.4, -0.2) is 23.0 Å². The average molecular weight is 199 g/mol. The van der Waals surface area contributed by atoms with Crippen LogP contribution in [0.2, 0.25) is 0 Å². The van der Waals surface area contributed by atoms with Crippen LogP contribution in [0.5, 0.6) is 0 Å². The summed E-state index contributed by atoms with van der Waals surface area (Å²) in [6, 6.07) is -0.156. The minimum absolute atomic E-state index is 0.123. The first-order chi connectivity index (χ1) is 6.34. The molecule has 1 atom stereocenters. The molecule has 0 aromatic heterocycles. The molecule has 0 saturated carbocycles. The van der Waals surface area contributed by atoms with Crippen molar-refractivity contribution < 1.29 is 14.7 Å². The molecule has 0 aromatic carbocycles. The van der Waals surface area contributed by atoms with Crippen LogP contribution >= 0.6 is 0 Å². The van der Waals surface area contributed by atoms with Crippen molar-refractivity contribution in [1.29, 1.82) is 0 Å². The summed E-state index contributed by atoms with van der Waals surface area (Å²) in [5, 5.41) is 11.3. The number of aliphatic carboxylic acids is 1. The van der Waals surface area contributed by atoms with Gasteiger partial charge in [-0.1, -0.05) is 20.4 Å². The molecule has 0 aliphatic carbocycles. The SMILES string of the molecule is C=C(C[C@@H](NC(C)=O)C(C)C)C(=O)O. The lowest BCUT2D eigenvalue weighted by Gasteiger charge is -2.21. The molecule has 0 aliphatic heterocycles. The lowest BCUT2D eigenvalue weighted by atomic mass is 9.97. The maximum atomic E-state index is 10.8. The zero-order valence-corrected chi connectivity index (χ0v) is 8.83. The van der Waals surface area contributed by atoms with Gasteiger partial charge in [0.25, 0.3) is 0 Å². The maximum Gasteiger partial charge on any atom is 0.331 e. The first-order valence-electron chi connectivity index (χ1n) is 4.52. The van der Waals surface area contributed by atoms with Crippen molar-refractivity contribution in [3.8, 4) is 0 Å². The monoisotopic (exact) mass is 199 g/mol. The maximum absolute atomic E-state index is 10.8. The Morgan fingerprint density at radius 1 is 1.43 bits per heavy atom. The van der Waals surface area contributed by atoms with Crippen molar-refractivity contribution in [3.05, 3.63) is 12.2 Å². The van der Waals surface area contributed by atoms with E-state index in [-0.39, 0.29) is 29.9 Å². The summed E-state index contributed by atoms with van der Waals surface area (Å²) in [6.45, 7) is 8.70. The molecule has 2 N–H and O–H groups in total. The Kier molecular flexibility index (Phi) is 4.91. The third-order valence-electron chi connectivity index (χ3n) is 1.96. The molecule has 0 bridgehead atoms. The van der Waals surface area contributed by atoms with Crippen LogP contribution in [-0.2, 0) is 9.59 Å². The number of nitrogens with one attached hydrogen (secondary N) is 1. The van der Waals surface area contributed by atoms with Gasteiger partial charge in [-0.05, 0) is 12.3 Å². The van der Waals surface area contributed by atoms with E-state index < -0.39 is 5.97 Å². The van der Waals surface area contributed by atoms with Crippen molar-refractivity contribution in [2.45, 2.75) is 33.2 Å². The molecule has 14 heavy (non-hydrogen) atoms. The molecule has 4 heteroatoms. The summed E-state index contributed by atoms with van der Waals surface area (Å²) in [7, 11) is 0. The number of carbonyl (C=O) groups excluding carboxylic acids is 1. The van der Waals surface area contributed by atoms with Crippen molar-refractivity contribution in [2.24, 2.45) is 5.92 Å². The third-order valence-corrected chi connectivity index (χ3v) is 1.96. The van der Waals surface area contributed by atoms with Crippen LogP contribution < -0.4 is 5.32 Å². The van der Waals surface area contributed by atoms with Crippen LogP contribution in [0.1, 0.15) is 27.2 Å². The van der Waals surface area contributed by atoms with Crippen LogP contribution in [0.15, 0.2) is 12.2 Å². The van der Waals surface area contributed by atoms with E-state index in [0.717, 1.165) is 0 Å². The number of carboxylic acids is 1. The smallest absolute Gasteiger partial charge is 0.331 e. The van der Waals surface area contributed by atoms with Gasteiger partial charge in [-0.25, -0.2) is 4.79 Å². The Hall–Kier alpha value is -1.32. The van der Waals surface area contributed by atoms with Gasteiger partial charge in [0.1, 0.15) is 0 Å². The van der Waals surface area contributed by atoms with E-state index >= 15 is 0 Å². The Morgan fingerprint density at radius 3 is 2.21 bits per heavy atom. The van der Waals surface area contributed by atoms with Crippen molar-refractivity contribution >= 4 is 11.9 Å². The number of rotatable bonds is 5. The molecule has 4 nitrogen and oxygen atoms in total. The predicted octanol–water partition coefficient (Wildman–Crippen LogP) is 1.18. The molecule has 0 saturated heterocycles. The fourth-order valence-electron chi connectivity index (χ4n) is 1.07. The van der Waals surface area contributed by atoms with Crippen LogP contribution in [0, 0.1) is 5.92 Å². The second-order valence-corrected chi connectivity index (χ2v) is 3.66. The number of hydrogen-bond donors (Lipinski definition) is 2. The summed E-state index contributed by atoms with van der Waals surface area (Å²) in [6.07, 6.45) is 0.284. The first kappa shape index (κ1) is 12.7. The summed E-state index contributed by atoms with van der Waals surface area (Å²) >= 11 is 0. The van der Waals surface area contributed by atoms with Crippen LogP contribution in [0.3, 0.4) is 0 Å². The van der Waals surface area contributed by atoms with Gasteiger partial charge < -0.3 is 10.4 Å². The van der Waals surface area contributed by atoms with E-state index in [1.165, 1.54) is 6.92 Å². The highest BCUT2D eigenvalue weighted by molar-refractivity contribution is 5.86. The van der Waals surface area contributed by atoms with Crippen molar-refractivity contribution in [3.63, 3.8) is 0 Å². The molecule has 0 radical (unpaired) electrons. The quantitative estimate of drug-likeness (QED) is 0.653. The van der Waals surface area contributed by atoms with Crippen molar-refractivity contribution in [1.82, 2.24) is 5.32 Å². The van der Waals surface area contributed by atoms with Crippen LogP contribution in [0.25, 0.3) is 0 Å². The average Bonchev–Trinajstić information content (AvgIpc) is 2.01. The Bertz CT molecular complexity index is 246. The first-order valence-corrected chi connectivity index (χ1v) is 4.52. The molecule has 0 fully saturated rings. The highest BCUT2D eigenvalue weighted by Gasteiger charge is 2.17. The van der Waals surface area contributed by atoms with E-state index in [4.69, 9.17) is 5.11 Å². The van der Waals surface area contributed by atoms with Gasteiger partial charge in [0.2, 0.25) is 5.91 Å². The molecule has 0 aromatic rings. The fourth-order valence-corrected chi connectivity index (χ4v) is 1.07. The largest absolute Gasteiger partial charge is 0.478 e. The highest BCUT2D eigenvalue weighted by atomic mass is 16.4. The fraction of sp³-hybridized carbons (Fsp3) is 0.600. The Labute approximate surface area is 84.0 Å². The summed E-state index contributed by atoms with van der Waals surface area (Å²) in [5.41, 5.74) is 0.123. The topological polar surface area (TPSA) is 66.4 Å². The van der Waals surface area contributed by atoms with Gasteiger partial charge in [-0.2, -0.15) is 0 Å². The van der Waals surface area contributed by atoms with E-state index in [1.807, 2.05) is 13.8 Å². The van der Waals surface area contributed by atoms with Gasteiger partial charge in [0, 0.05) is 18.5 Å². The lowest BCUT2D eigenvalue weighted by Crippen LogP contribution is -2.37. The molecular weight excluding hydrogens is 182 g/mol. The van der Waals surface area contributed by atoms with Gasteiger partial charge in [0.05, 0.1) is 0 Å². The molecule has 0 rings (SSSR count). The molecule has 0 unspecified atom stereocenters. The van der Waals surface area contributed by atoms with Gasteiger partial charge in [0.15, 0.2) is 0 Å². The predicted molar refractivity (Wildman–Crippen MR) is 53.8 cm³/mol. The highest BCUT2D eigenvalue weighted by Crippen LogP contribution is 2.11. The zero-order valence-electron chi connectivity index (χ0n) is 8.83. The minimum atomic E-state index is -1.01. The van der Waals surface area contributed by atoms with E-state index in [1.54, 1.807) is 0 Å². The number of carboxylic acid groups (broad SMARTS) is 1. The minimum Gasteiger partial charge on any atom is -0.478 e. The lowest BCUT2D eigenvalue weighted by molar-refractivity contribution is -0.133. The van der Waals surface area contributed by atoms with Gasteiger partial charge in [-0.15, -0.1) is 0 Å². The molecule has 1 amide bonds. The van der Waals surface area contributed by atoms with Gasteiger partial charge in [-0.3, -0.25) is 4.79 Å². The second-order valence-electron chi connectivity index (χ2n) is 3.66. The van der Waals surface area contributed by atoms with E-state index in [2.05, 4.69) is 11.9 Å². The second kappa shape index (κ2) is 5.42. The molecule has 80 valence electrons. The standard InChI is InChI=1S/C10H17NO3/c1-6(2)9(11-8(4)12)5-7(3)10(13)14/h6,9H,3,5H2,1-2,4H3,(H,11,12)(H,13,14)/t9-/m1/s1. The summed E-state index contributed by atoms with van der Waals surface area (Å²) < 4.78 is 0. The normalized spacial score (nSPS) is 12.3. The molecular formula is C10H17NO3. The molecule has 0 spiro atoms. The number of hydrogen-bond acceptors (Lipinski definition) is 2. The van der Waals surface area contributed by atoms with E-state index in [0.29, 0.717) is 0 Å². The third kappa shape index (κ3) is 4.64. The van der Waals surface area contributed by atoms with E-state index in [9.17, 15) is 9.59 Å². The molecule has 0 heterocycles. The summed E-state index contributed by atoms with van der Waals surface area (Å²) in [4.78, 5) is 21.4. The van der Waals surface area contributed by atoms with Crippen LogP contribution in [0.4, 0.5) is 0 Å². The summed E-state index contributed by atoms with van der Waals surface area (Å²) in [5.74, 6) is -0.974. The molecule has 0 aliphatic rings. The number of amides is 1. The van der Waals surface area contributed by atoms with Gasteiger partial charge >= 0.3 is 5.97 Å². The Morgan fingerprint density at radius 2 is 1.93 bits per heavy atom. The van der Waals surface area contributed by atoms with Crippen molar-refractivity contribution in [2.75, 3.05) is 0 Å². The number of carbonyl (C=O) groups is 2. The zero-order chi connectivity index (χ0) is 11.3.